The molecule has 0 radical (unpaired) electrons. The molecule has 1 nitrogen and oxygen atoms in total. The summed E-state index contributed by atoms with van der Waals surface area (Å²) in [5.74, 6) is 0. The number of nitrogens with one attached hydrogen (secondary N) is 1. The maximum atomic E-state index is 3.52. The Bertz CT molecular complexity index is 506. The first kappa shape index (κ1) is 13.7. The summed E-state index contributed by atoms with van der Waals surface area (Å²) in [5.41, 5.74) is 4.07. The Balaban J connectivity index is 2.10. The van der Waals surface area contributed by atoms with E-state index >= 15 is 0 Å². The highest BCUT2D eigenvalue weighted by molar-refractivity contribution is 5.45. The number of benzene rings is 2. The van der Waals surface area contributed by atoms with Gasteiger partial charge in [0.15, 0.2) is 0 Å². The van der Waals surface area contributed by atoms with Crippen LogP contribution in [0.15, 0.2) is 54.6 Å². The van der Waals surface area contributed by atoms with Crippen LogP contribution in [0.5, 0.6) is 0 Å². The molecule has 0 aliphatic rings. The predicted octanol–water partition coefficient (Wildman–Crippen LogP) is 5.16. The lowest BCUT2D eigenvalue weighted by Crippen LogP contribution is -2.12. The van der Waals surface area contributed by atoms with Gasteiger partial charge in [-0.25, -0.2) is 0 Å². The molecule has 0 bridgehead atoms. The number of para-hydroxylation sites is 1. The second-order valence-corrected chi connectivity index (χ2v) is 6.10. The topological polar surface area (TPSA) is 12.0 Å². The first-order valence-electron chi connectivity index (χ1n) is 6.89. The molecular weight excluding hydrogens is 230 g/mol. The first-order chi connectivity index (χ1) is 8.97. The van der Waals surface area contributed by atoms with Gasteiger partial charge in [-0.05, 0) is 35.6 Å². The largest absolute Gasteiger partial charge is 0.379 e. The van der Waals surface area contributed by atoms with E-state index in [0.717, 1.165) is 5.69 Å². The molecule has 0 aromatic heterocycles. The van der Waals surface area contributed by atoms with Crippen LogP contribution in [-0.2, 0) is 5.41 Å². The van der Waals surface area contributed by atoms with Crippen LogP contribution in [0.2, 0.25) is 0 Å². The third-order valence-corrected chi connectivity index (χ3v) is 3.43. The van der Waals surface area contributed by atoms with E-state index in [-0.39, 0.29) is 5.41 Å². The smallest absolute Gasteiger partial charge is 0.0485 e. The van der Waals surface area contributed by atoms with Crippen LogP contribution in [0.3, 0.4) is 0 Å². The summed E-state index contributed by atoms with van der Waals surface area (Å²) >= 11 is 0. The molecule has 1 atom stereocenters. The fourth-order valence-corrected chi connectivity index (χ4v) is 2.14. The summed E-state index contributed by atoms with van der Waals surface area (Å²) in [7, 11) is 0. The maximum Gasteiger partial charge on any atom is 0.0485 e. The summed E-state index contributed by atoms with van der Waals surface area (Å²) in [5, 5.41) is 3.52. The molecule has 19 heavy (non-hydrogen) atoms. The van der Waals surface area contributed by atoms with Crippen molar-refractivity contribution in [3.05, 3.63) is 65.7 Å². The van der Waals surface area contributed by atoms with E-state index in [1.165, 1.54) is 11.1 Å². The normalized spacial score (nSPS) is 13.1. The van der Waals surface area contributed by atoms with Gasteiger partial charge in [0, 0.05) is 11.7 Å². The summed E-state index contributed by atoms with van der Waals surface area (Å²) in [4.78, 5) is 0. The minimum Gasteiger partial charge on any atom is -0.379 e. The summed E-state index contributed by atoms with van der Waals surface area (Å²) in [6.07, 6.45) is 0. The molecule has 0 aliphatic heterocycles. The van der Waals surface area contributed by atoms with E-state index in [0.29, 0.717) is 6.04 Å². The lowest BCUT2D eigenvalue weighted by Gasteiger charge is -2.21. The van der Waals surface area contributed by atoms with Gasteiger partial charge < -0.3 is 5.32 Å². The number of anilines is 1. The molecule has 1 N–H and O–H groups in total. The Kier molecular flexibility index (Phi) is 3.94. The van der Waals surface area contributed by atoms with Crippen LogP contribution in [0.4, 0.5) is 5.69 Å². The van der Waals surface area contributed by atoms with Gasteiger partial charge in [-0.3, -0.25) is 0 Å². The SMILES string of the molecule is C[C@@H](Nc1ccccc1)c1ccc(C(C)(C)C)cc1. The third-order valence-electron chi connectivity index (χ3n) is 3.43. The van der Waals surface area contributed by atoms with Crippen molar-refractivity contribution in [2.45, 2.75) is 39.2 Å². The molecule has 2 rings (SSSR count). The van der Waals surface area contributed by atoms with E-state index in [2.05, 4.69) is 81.5 Å². The molecule has 0 amide bonds. The van der Waals surface area contributed by atoms with Gasteiger partial charge in [0.2, 0.25) is 0 Å². The molecular formula is C18H23N. The Morgan fingerprint density at radius 1 is 0.842 bits per heavy atom. The quantitative estimate of drug-likeness (QED) is 0.797. The van der Waals surface area contributed by atoms with E-state index in [1.54, 1.807) is 0 Å². The van der Waals surface area contributed by atoms with Crippen molar-refractivity contribution in [1.29, 1.82) is 0 Å². The van der Waals surface area contributed by atoms with Crippen LogP contribution >= 0.6 is 0 Å². The zero-order valence-electron chi connectivity index (χ0n) is 12.3. The van der Waals surface area contributed by atoms with Crippen LogP contribution in [0.25, 0.3) is 0 Å². The van der Waals surface area contributed by atoms with E-state index < -0.39 is 0 Å². The van der Waals surface area contributed by atoms with Crippen molar-refractivity contribution >= 4 is 5.69 Å². The number of hydrogen-bond donors (Lipinski definition) is 1. The predicted molar refractivity (Wildman–Crippen MR) is 83.6 cm³/mol. The van der Waals surface area contributed by atoms with Crippen molar-refractivity contribution in [3.63, 3.8) is 0 Å². The molecule has 0 fully saturated rings. The molecule has 0 saturated heterocycles. The fourth-order valence-electron chi connectivity index (χ4n) is 2.14. The Hall–Kier alpha value is -1.76. The van der Waals surface area contributed by atoms with Crippen molar-refractivity contribution in [2.75, 3.05) is 5.32 Å². The summed E-state index contributed by atoms with van der Waals surface area (Å²) in [6, 6.07) is 19.6. The Morgan fingerprint density at radius 3 is 1.95 bits per heavy atom. The average molecular weight is 253 g/mol. The molecule has 0 saturated carbocycles. The second kappa shape index (κ2) is 5.48. The number of rotatable bonds is 3. The monoisotopic (exact) mass is 253 g/mol. The van der Waals surface area contributed by atoms with Gasteiger partial charge in [-0.15, -0.1) is 0 Å². The van der Waals surface area contributed by atoms with E-state index in [4.69, 9.17) is 0 Å². The van der Waals surface area contributed by atoms with Crippen molar-refractivity contribution in [1.82, 2.24) is 0 Å². The standard InChI is InChI=1S/C18H23N/c1-14(19-17-8-6-5-7-9-17)15-10-12-16(13-11-15)18(2,3)4/h5-14,19H,1-4H3/t14-/m1/s1. The maximum absolute atomic E-state index is 3.52. The molecule has 0 heterocycles. The summed E-state index contributed by atoms with van der Waals surface area (Å²) in [6.45, 7) is 8.92. The zero-order chi connectivity index (χ0) is 13.9. The van der Waals surface area contributed by atoms with Crippen LogP contribution in [-0.4, -0.2) is 0 Å². The van der Waals surface area contributed by atoms with Crippen LogP contribution in [0, 0.1) is 0 Å². The van der Waals surface area contributed by atoms with Crippen LogP contribution < -0.4 is 5.32 Å². The molecule has 0 unspecified atom stereocenters. The Labute approximate surface area is 116 Å². The highest BCUT2D eigenvalue weighted by Gasteiger charge is 2.13. The average Bonchev–Trinajstić information content (AvgIpc) is 2.39. The number of hydrogen-bond acceptors (Lipinski definition) is 1. The van der Waals surface area contributed by atoms with Gasteiger partial charge >= 0.3 is 0 Å². The van der Waals surface area contributed by atoms with Crippen molar-refractivity contribution in [3.8, 4) is 0 Å². The minimum absolute atomic E-state index is 0.217. The third kappa shape index (κ3) is 3.60. The lowest BCUT2D eigenvalue weighted by molar-refractivity contribution is 0.589. The van der Waals surface area contributed by atoms with Crippen molar-refractivity contribution in [2.24, 2.45) is 0 Å². The Morgan fingerprint density at radius 2 is 1.42 bits per heavy atom. The molecule has 2 aromatic rings. The fraction of sp³-hybridized carbons (Fsp3) is 0.333. The van der Waals surface area contributed by atoms with Gasteiger partial charge in [-0.1, -0.05) is 63.2 Å². The summed E-state index contributed by atoms with van der Waals surface area (Å²) < 4.78 is 0. The molecule has 100 valence electrons. The zero-order valence-corrected chi connectivity index (χ0v) is 12.3. The lowest BCUT2D eigenvalue weighted by atomic mass is 9.86. The highest BCUT2D eigenvalue weighted by Crippen LogP contribution is 2.25. The van der Waals surface area contributed by atoms with Crippen LogP contribution in [0.1, 0.15) is 44.9 Å². The second-order valence-electron chi connectivity index (χ2n) is 6.10. The molecule has 0 aliphatic carbocycles. The van der Waals surface area contributed by atoms with E-state index in [1.807, 2.05) is 6.07 Å². The highest BCUT2D eigenvalue weighted by atomic mass is 14.9. The molecule has 2 aromatic carbocycles. The molecule has 0 spiro atoms. The molecule has 1 heteroatoms. The first-order valence-corrected chi connectivity index (χ1v) is 6.89. The van der Waals surface area contributed by atoms with Gasteiger partial charge in [-0.2, -0.15) is 0 Å². The van der Waals surface area contributed by atoms with Crippen molar-refractivity contribution < 1.29 is 0 Å². The van der Waals surface area contributed by atoms with E-state index in [9.17, 15) is 0 Å². The van der Waals surface area contributed by atoms with Gasteiger partial charge in [0.25, 0.3) is 0 Å². The minimum atomic E-state index is 0.217. The van der Waals surface area contributed by atoms with Gasteiger partial charge in [0.1, 0.15) is 0 Å². The van der Waals surface area contributed by atoms with Gasteiger partial charge in [0.05, 0.1) is 0 Å².